The van der Waals surface area contributed by atoms with Gasteiger partial charge >= 0.3 is 0 Å². The van der Waals surface area contributed by atoms with Gasteiger partial charge in [0, 0.05) is 36.9 Å². The number of piperazine rings is 1. The quantitative estimate of drug-likeness (QED) is 0.859. The summed E-state index contributed by atoms with van der Waals surface area (Å²) in [5.41, 5.74) is 1.30. The Morgan fingerprint density at radius 1 is 0.957 bits per heavy atom. The summed E-state index contributed by atoms with van der Waals surface area (Å²) in [6, 6.07) is 8.24. The molecule has 1 N–H and O–H groups in total. The van der Waals surface area contributed by atoms with Crippen LogP contribution in [0.15, 0.2) is 24.3 Å². The third kappa shape index (κ3) is 6.32. The molecule has 132 valence electrons. The van der Waals surface area contributed by atoms with Crippen molar-refractivity contribution < 1.29 is 0 Å². The minimum Gasteiger partial charge on any atom is -0.369 e. The molecule has 0 atom stereocenters. The summed E-state index contributed by atoms with van der Waals surface area (Å²) in [7, 11) is 0. The van der Waals surface area contributed by atoms with Gasteiger partial charge in [-0.25, -0.2) is 0 Å². The lowest BCUT2D eigenvalue weighted by atomic mass is 9.94. The molecular formula is C17H28Cl3N3. The second-order valence-corrected chi connectivity index (χ2v) is 6.72. The van der Waals surface area contributed by atoms with Gasteiger partial charge in [-0.1, -0.05) is 11.6 Å². The minimum absolute atomic E-state index is 0. The van der Waals surface area contributed by atoms with E-state index in [-0.39, 0.29) is 24.8 Å². The first-order chi connectivity index (χ1) is 10.3. The standard InChI is InChI=1S/C17H26ClN3.2ClH/c18-16-1-3-17(4-2-16)21-13-11-20(12-14-21)10-7-15-5-8-19-9-6-15;;/h1-4,15,19H,5-14H2;2*1H. The van der Waals surface area contributed by atoms with Crippen LogP contribution in [0.25, 0.3) is 0 Å². The van der Waals surface area contributed by atoms with E-state index in [1.54, 1.807) is 0 Å². The van der Waals surface area contributed by atoms with Crippen LogP contribution < -0.4 is 10.2 Å². The average molecular weight is 381 g/mol. The van der Waals surface area contributed by atoms with Crippen LogP contribution in [0.1, 0.15) is 19.3 Å². The molecule has 0 aliphatic carbocycles. The van der Waals surface area contributed by atoms with Gasteiger partial charge in [-0.05, 0) is 69.1 Å². The van der Waals surface area contributed by atoms with Gasteiger partial charge in [-0.2, -0.15) is 0 Å². The summed E-state index contributed by atoms with van der Waals surface area (Å²) < 4.78 is 0. The van der Waals surface area contributed by atoms with Gasteiger partial charge < -0.3 is 10.2 Å². The van der Waals surface area contributed by atoms with Crippen molar-refractivity contribution in [2.75, 3.05) is 50.7 Å². The Bertz CT molecular complexity index is 427. The summed E-state index contributed by atoms with van der Waals surface area (Å²) in [6.07, 6.45) is 4.11. The number of piperidine rings is 1. The summed E-state index contributed by atoms with van der Waals surface area (Å²) in [5.74, 6) is 0.945. The average Bonchev–Trinajstić information content (AvgIpc) is 2.55. The van der Waals surface area contributed by atoms with Crippen molar-refractivity contribution in [1.82, 2.24) is 10.2 Å². The maximum atomic E-state index is 5.96. The summed E-state index contributed by atoms with van der Waals surface area (Å²) >= 11 is 5.96. The molecular weight excluding hydrogens is 353 g/mol. The number of anilines is 1. The third-order valence-corrected chi connectivity index (χ3v) is 5.13. The number of hydrogen-bond acceptors (Lipinski definition) is 3. The first kappa shape index (κ1) is 20.9. The summed E-state index contributed by atoms with van der Waals surface area (Å²) in [6.45, 7) is 8.35. The molecule has 2 heterocycles. The van der Waals surface area contributed by atoms with Crippen LogP contribution in [0.4, 0.5) is 5.69 Å². The van der Waals surface area contributed by atoms with E-state index in [0.29, 0.717) is 0 Å². The van der Waals surface area contributed by atoms with E-state index < -0.39 is 0 Å². The Kier molecular flexibility index (Phi) is 9.64. The van der Waals surface area contributed by atoms with E-state index in [1.165, 1.54) is 57.7 Å². The molecule has 2 aliphatic heterocycles. The molecule has 2 saturated heterocycles. The lowest BCUT2D eigenvalue weighted by Crippen LogP contribution is -2.47. The molecule has 0 radical (unpaired) electrons. The van der Waals surface area contributed by atoms with Crippen molar-refractivity contribution in [2.24, 2.45) is 5.92 Å². The lowest BCUT2D eigenvalue weighted by Gasteiger charge is -2.37. The monoisotopic (exact) mass is 379 g/mol. The smallest absolute Gasteiger partial charge is 0.0407 e. The van der Waals surface area contributed by atoms with Gasteiger partial charge in [0.05, 0.1) is 0 Å². The van der Waals surface area contributed by atoms with Crippen LogP contribution in [0.2, 0.25) is 5.02 Å². The zero-order valence-corrected chi connectivity index (χ0v) is 15.9. The SMILES string of the molecule is Cl.Cl.Clc1ccc(N2CCN(CCC3CCNCC3)CC2)cc1. The zero-order valence-electron chi connectivity index (χ0n) is 13.5. The fraction of sp³-hybridized carbons (Fsp3) is 0.647. The van der Waals surface area contributed by atoms with Gasteiger partial charge in [-0.15, -0.1) is 24.8 Å². The van der Waals surface area contributed by atoms with E-state index in [2.05, 4.69) is 27.2 Å². The van der Waals surface area contributed by atoms with Gasteiger partial charge in [0.25, 0.3) is 0 Å². The maximum absolute atomic E-state index is 5.96. The predicted molar refractivity (Wildman–Crippen MR) is 105 cm³/mol. The van der Waals surface area contributed by atoms with Crippen molar-refractivity contribution in [1.29, 1.82) is 0 Å². The first-order valence-corrected chi connectivity index (χ1v) is 8.62. The second-order valence-electron chi connectivity index (χ2n) is 6.29. The van der Waals surface area contributed by atoms with Crippen molar-refractivity contribution in [2.45, 2.75) is 19.3 Å². The van der Waals surface area contributed by atoms with Gasteiger partial charge in [-0.3, -0.25) is 4.90 Å². The molecule has 0 unspecified atom stereocenters. The van der Waals surface area contributed by atoms with Crippen LogP contribution in [0.5, 0.6) is 0 Å². The van der Waals surface area contributed by atoms with Crippen LogP contribution >= 0.6 is 36.4 Å². The summed E-state index contributed by atoms with van der Waals surface area (Å²) in [4.78, 5) is 5.10. The van der Waals surface area contributed by atoms with Crippen molar-refractivity contribution in [3.8, 4) is 0 Å². The molecule has 2 aliphatic rings. The lowest BCUT2D eigenvalue weighted by molar-refractivity contribution is 0.224. The number of nitrogens with zero attached hydrogens (tertiary/aromatic N) is 2. The number of hydrogen-bond donors (Lipinski definition) is 1. The van der Waals surface area contributed by atoms with E-state index in [4.69, 9.17) is 11.6 Å². The molecule has 3 rings (SSSR count). The highest BCUT2D eigenvalue weighted by atomic mass is 35.5. The highest BCUT2D eigenvalue weighted by Gasteiger charge is 2.19. The second kappa shape index (κ2) is 10.6. The van der Waals surface area contributed by atoms with Gasteiger partial charge in [0.15, 0.2) is 0 Å². The molecule has 0 aromatic heterocycles. The normalized spacial score (nSPS) is 19.8. The van der Waals surface area contributed by atoms with Crippen LogP contribution in [-0.2, 0) is 0 Å². The fourth-order valence-corrected chi connectivity index (χ4v) is 3.54. The summed E-state index contributed by atoms with van der Waals surface area (Å²) in [5, 5.41) is 4.27. The van der Waals surface area contributed by atoms with Crippen molar-refractivity contribution >= 4 is 42.1 Å². The number of rotatable bonds is 4. The van der Waals surface area contributed by atoms with Crippen molar-refractivity contribution in [3.05, 3.63) is 29.3 Å². The number of nitrogens with one attached hydrogen (secondary N) is 1. The number of halogens is 3. The molecule has 23 heavy (non-hydrogen) atoms. The zero-order chi connectivity index (χ0) is 14.5. The third-order valence-electron chi connectivity index (χ3n) is 4.88. The maximum Gasteiger partial charge on any atom is 0.0407 e. The van der Waals surface area contributed by atoms with E-state index in [9.17, 15) is 0 Å². The van der Waals surface area contributed by atoms with Crippen LogP contribution in [-0.4, -0.2) is 50.7 Å². The topological polar surface area (TPSA) is 18.5 Å². The molecule has 6 heteroatoms. The molecule has 1 aromatic rings. The van der Waals surface area contributed by atoms with Crippen LogP contribution in [0, 0.1) is 5.92 Å². The Balaban J connectivity index is 0.00000132. The van der Waals surface area contributed by atoms with E-state index in [0.717, 1.165) is 24.0 Å². The Morgan fingerprint density at radius 2 is 1.57 bits per heavy atom. The first-order valence-electron chi connectivity index (χ1n) is 8.25. The Labute approximate surface area is 157 Å². The minimum atomic E-state index is 0. The molecule has 0 spiro atoms. The molecule has 0 saturated carbocycles. The largest absolute Gasteiger partial charge is 0.369 e. The fourth-order valence-electron chi connectivity index (χ4n) is 3.42. The van der Waals surface area contributed by atoms with Crippen molar-refractivity contribution in [3.63, 3.8) is 0 Å². The molecule has 3 nitrogen and oxygen atoms in total. The molecule has 2 fully saturated rings. The molecule has 1 aromatic carbocycles. The highest BCUT2D eigenvalue weighted by Crippen LogP contribution is 2.20. The highest BCUT2D eigenvalue weighted by molar-refractivity contribution is 6.30. The van der Waals surface area contributed by atoms with Gasteiger partial charge in [0.2, 0.25) is 0 Å². The van der Waals surface area contributed by atoms with Crippen LogP contribution in [0.3, 0.4) is 0 Å². The van der Waals surface area contributed by atoms with E-state index in [1.807, 2.05) is 12.1 Å². The van der Waals surface area contributed by atoms with Gasteiger partial charge in [0.1, 0.15) is 0 Å². The molecule has 0 amide bonds. The molecule has 0 bridgehead atoms. The Morgan fingerprint density at radius 3 is 2.17 bits per heavy atom. The van der Waals surface area contributed by atoms with E-state index >= 15 is 0 Å². The Hall–Kier alpha value is -0.190. The predicted octanol–water partition coefficient (Wildman–Crippen LogP) is 3.70. The number of benzene rings is 1.